The van der Waals surface area contributed by atoms with Crippen LogP contribution in [0.2, 0.25) is 5.02 Å². The highest BCUT2D eigenvalue weighted by molar-refractivity contribution is 6.31. The van der Waals surface area contributed by atoms with Crippen LogP contribution in [0.1, 0.15) is 36.8 Å². The van der Waals surface area contributed by atoms with Gasteiger partial charge in [-0.2, -0.15) is 0 Å². The van der Waals surface area contributed by atoms with E-state index in [1.54, 1.807) is 5.57 Å². The third-order valence-corrected chi connectivity index (χ3v) is 3.59. The zero-order chi connectivity index (χ0) is 10.7. The number of benzene rings is 1. The summed E-state index contributed by atoms with van der Waals surface area (Å²) in [5, 5.41) is 0.893. The highest BCUT2D eigenvalue weighted by Crippen LogP contribution is 2.25. The molecule has 80 valence electrons. The van der Waals surface area contributed by atoms with Crippen molar-refractivity contribution in [3.63, 3.8) is 0 Å². The Kier molecular flexibility index (Phi) is 3.48. The molecule has 1 aromatic rings. The van der Waals surface area contributed by atoms with Crippen LogP contribution in [0.15, 0.2) is 29.8 Å². The van der Waals surface area contributed by atoms with Crippen LogP contribution < -0.4 is 0 Å². The molecule has 0 unspecified atom stereocenters. The van der Waals surface area contributed by atoms with Crippen molar-refractivity contribution in [3.05, 3.63) is 46.0 Å². The van der Waals surface area contributed by atoms with Crippen LogP contribution in [0.25, 0.3) is 0 Å². The van der Waals surface area contributed by atoms with E-state index in [9.17, 15) is 0 Å². The first-order valence-corrected chi connectivity index (χ1v) is 6.07. The Labute approximate surface area is 97.0 Å². The minimum atomic E-state index is 0.893. The number of halogens is 1. The Balaban J connectivity index is 2.16. The van der Waals surface area contributed by atoms with Gasteiger partial charge in [-0.15, -0.1) is 0 Å². The van der Waals surface area contributed by atoms with Gasteiger partial charge in [0.2, 0.25) is 0 Å². The minimum absolute atomic E-state index is 0.893. The van der Waals surface area contributed by atoms with Gasteiger partial charge in [0.15, 0.2) is 0 Å². The lowest BCUT2D eigenvalue weighted by Gasteiger charge is -2.14. The summed E-state index contributed by atoms with van der Waals surface area (Å²) >= 11 is 6.11. The molecule has 0 spiro atoms. The van der Waals surface area contributed by atoms with Gasteiger partial charge in [0.25, 0.3) is 0 Å². The van der Waals surface area contributed by atoms with E-state index in [0.29, 0.717) is 0 Å². The maximum Gasteiger partial charge on any atom is 0.0438 e. The predicted molar refractivity (Wildman–Crippen MR) is 66.4 cm³/mol. The minimum Gasteiger partial charge on any atom is -0.0850 e. The van der Waals surface area contributed by atoms with Crippen molar-refractivity contribution in [1.82, 2.24) is 0 Å². The fourth-order valence-electron chi connectivity index (χ4n) is 2.15. The maximum atomic E-state index is 6.11. The van der Waals surface area contributed by atoms with Gasteiger partial charge in [-0.3, -0.25) is 0 Å². The third-order valence-electron chi connectivity index (χ3n) is 3.18. The van der Waals surface area contributed by atoms with E-state index in [4.69, 9.17) is 11.6 Å². The van der Waals surface area contributed by atoms with E-state index in [0.717, 1.165) is 11.4 Å². The summed E-state index contributed by atoms with van der Waals surface area (Å²) in [6.45, 7) is 2.11. The molecule has 0 atom stereocenters. The summed E-state index contributed by atoms with van der Waals surface area (Å²) in [7, 11) is 0. The standard InChI is InChI=1S/C14H17Cl/c1-11-13(8-5-9-14(11)15)10-12-6-3-2-4-7-12/h5-6,8-9H,2-4,7,10H2,1H3. The van der Waals surface area contributed by atoms with Gasteiger partial charge >= 0.3 is 0 Å². The zero-order valence-corrected chi connectivity index (χ0v) is 9.98. The molecule has 0 radical (unpaired) electrons. The van der Waals surface area contributed by atoms with Gasteiger partial charge in [0.05, 0.1) is 0 Å². The Morgan fingerprint density at radius 2 is 2.13 bits per heavy atom. The van der Waals surface area contributed by atoms with Crippen molar-refractivity contribution in [2.24, 2.45) is 0 Å². The van der Waals surface area contributed by atoms with E-state index in [1.165, 1.54) is 36.8 Å². The Hall–Kier alpha value is -0.750. The van der Waals surface area contributed by atoms with E-state index in [-0.39, 0.29) is 0 Å². The number of hydrogen-bond acceptors (Lipinski definition) is 0. The Bertz CT molecular complexity index is 377. The lowest BCUT2D eigenvalue weighted by atomic mass is 9.92. The largest absolute Gasteiger partial charge is 0.0850 e. The van der Waals surface area contributed by atoms with Crippen LogP contribution in [0.3, 0.4) is 0 Å². The van der Waals surface area contributed by atoms with Crippen molar-refractivity contribution in [1.29, 1.82) is 0 Å². The van der Waals surface area contributed by atoms with E-state index < -0.39 is 0 Å². The average Bonchev–Trinajstić information content (AvgIpc) is 2.26. The molecule has 15 heavy (non-hydrogen) atoms. The monoisotopic (exact) mass is 220 g/mol. The van der Waals surface area contributed by atoms with Gasteiger partial charge in [-0.05, 0) is 56.2 Å². The van der Waals surface area contributed by atoms with Crippen molar-refractivity contribution in [2.45, 2.75) is 39.0 Å². The lowest BCUT2D eigenvalue weighted by Crippen LogP contribution is -1.98. The SMILES string of the molecule is Cc1c(Cl)cccc1CC1=CCCCC1. The number of hydrogen-bond donors (Lipinski definition) is 0. The van der Waals surface area contributed by atoms with Crippen LogP contribution in [-0.4, -0.2) is 0 Å². The molecule has 0 aliphatic heterocycles. The van der Waals surface area contributed by atoms with Crippen LogP contribution in [-0.2, 0) is 6.42 Å². The van der Waals surface area contributed by atoms with Crippen LogP contribution in [0.5, 0.6) is 0 Å². The van der Waals surface area contributed by atoms with Crippen molar-refractivity contribution in [2.75, 3.05) is 0 Å². The van der Waals surface area contributed by atoms with Crippen molar-refractivity contribution < 1.29 is 0 Å². The number of rotatable bonds is 2. The first-order valence-electron chi connectivity index (χ1n) is 5.69. The molecule has 0 saturated carbocycles. The molecule has 1 aromatic carbocycles. The molecule has 0 nitrogen and oxygen atoms in total. The molecule has 0 N–H and O–H groups in total. The van der Waals surface area contributed by atoms with Gasteiger partial charge < -0.3 is 0 Å². The predicted octanol–water partition coefficient (Wildman–Crippen LogP) is 4.69. The van der Waals surface area contributed by atoms with Crippen molar-refractivity contribution in [3.8, 4) is 0 Å². The summed E-state index contributed by atoms with van der Waals surface area (Å²) in [4.78, 5) is 0. The first-order chi connectivity index (χ1) is 7.27. The van der Waals surface area contributed by atoms with Crippen LogP contribution >= 0.6 is 11.6 Å². The van der Waals surface area contributed by atoms with Gasteiger partial charge in [-0.1, -0.05) is 35.4 Å². The molecular weight excluding hydrogens is 204 g/mol. The van der Waals surface area contributed by atoms with Gasteiger partial charge in [0, 0.05) is 5.02 Å². The molecule has 2 rings (SSSR count). The molecule has 0 amide bonds. The molecule has 0 fully saturated rings. The molecule has 0 heterocycles. The summed E-state index contributed by atoms with van der Waals surface area (Å²) in [6, 6.07) is 6.21. The second kappa shape index (κ2) is 4.85. The molecule has 0 saturated heterocycles. The molecule has 0 aromatic heterocycles. The van der Waals surface area contributed by atoms with Crippen molar-refractivity contribution >= 4 is 11.6 Å². The Morgan fingerprint density at radius 1 is 1.27 bits per heavy atom. The average molecular weight is 221 g/mol. The molecule has 0 bridgehead atoms. The molecule has 1 aliphatic carbocycles. The van der Waals surface area contributed by atoms with Gasteiger partial charge in [0.1, 0.15) is 0 Å². The number of allylic oxidation sites excluding steroid dienone is 2. The molecule has 1 aliphatic rings. The fraction of sp³-hybridized carbons (Fsp3) is 0.429. The topological polar surface area (TPSA) is 0 Å². The second-order valence-corrected chi connectivity index (χ2v) is 4.72. The van der Waals surface area contributed by atoms with E-state index >= 15 is 0 Å². The Morgan fingerprint density at radius 3 is 2.87 bits per heavy atom. The first kappa shape index (κ1) is 10.8. The second-order valence-electron chi connectivity index (χ2n) is 4.31. The summed E-state index contributed by atoms with van der Waals surface area (Å²) in [5.41, 5.74) is 4.22. The fourth-order valence-corrected chi connectivity index (χ4v) is 2.35. The zero-order valence-electron chi connectivity index (χ0n) is 9.22. The smallest absolute Gasteiger partial charge is 0.0438 e. The van der Waals surface area contributed by atoms with Crippen LogP contribution in [0.4, 0.5) is 0 Å². The van der Waals surface area contributed by atoms with E-state index in [2.05, 4.69) is 19.1 Å². The highest BCUT2D eigenvalue weighted by atomic mass is 35.5. The lowest BCUT2D eigenvalue weighted by molar-refractivity contribution is 0.688. The molecular formula is C14H17Cl. The van der Waals surface area contributed by atoms with Crippen LogP contribution in [0, 0.1) is 6.92 Å². The van der Waals surface area contributed by atoms with E-state index in [1.807, 2.05) is 12.1 Å². The quantitative estimate of drug-likeness (QED) is 0.635. The van der Waals surface area contributed by atoms with Gasteiger partial charge in [-0.25, -0.2) is 0 Å². The maximum absolute atomic E-state index is 6.11. The summed E-state index contributed by atoms with van der Waals surface area (Å²) in [5.74, 6) is 0. The summed E-state index contributed by atoms with van der Waals surface area (Å²) < 4.78 is 0. The molecule has 1 heteroatoms. The third kappa shape index (κ3) is 2.63. The summed E-state index contributed by atoms with van der Waals surface area (Å²) in [6.07, 6.45) is 8.74. The highest BCUT2D eigenvalue weighted by Gasteiger charge is 2.07. The normalized spacial score (nSPS) is 16.3.